The maximum Gasteiger partial charge on any atom is 0.329 e. The summed E-state index contributed by atoms with van der Waals surface area (Å²) in [5, 5.41) is 5.71. The molecule has 0 aliphatic rings. The lowest BCUT2D eigenvalue weighted by atomic mass is 10.1. The predicted octanol–water partition coefficient (Wildman–Crippen LogP) is 0.410. The largest absolute Gasteiger partial charge is 0.467 e. The first kappa shape index (κ1) is 15.1. The molecule has 0 radical (unpaired) electrons. The molecule has 1 aromatic rings. The standard InChI is InChI=1S/C13H19N3O3/c1-9(11-5-4-6-14-7-11)15-8-12(13(18)19-3)16-10(2)17/h4-7,9,12,15H,8H2,1-3H3,(H,16,17)/t9-,12?/m1/s1. The van der Waals surface area contributed by atoms with Gasteiger partial charge in [-0.15, -0.1) is 0 Å². The van der Waals surface area contributed by atoms with Gasteiger partial charge in [-0.3, -0.25) is 9.78 Å². The molecule has 1 aromatic heterocycles. The predicted molar refractivity (Wildman–Crippen MR) is 70.3 cm³/mol. The first-order chi connectivity index (χ1) is 9.04. The second kappa shape index (κ2) is 7.48. The Balaban J connectivity index is 2.56. The van der Waals surface area contributed by atoms with Crippen LogP contribution in [0.25, 0.3) is 0 Å². The molecule has 6 nitrogen and oxygen atoms in total. The molecule has 0 saturated heterocycles. The molecule has 1 amide bonds. The molecule has 0 aliphatic heterocycles. The van der Waals surface area contributed by atoms with Gasteiger partial charge in [0.1, 0.15) is 6.04 Å². The summed E-state index contributed by atoms with van der Waals surface area (Å²) in [6, 6.07) is 3.12. The van der Waals surface area contributed by atoms with E-state index < -0.39 is 12.0 Å². The van der Waals surface area contributed by atoms with Gasteiger partial charge in [-0.2, -0.15) is 0 Å². The Morgan fingerprint density at radius 2 is 2.21 bits per heavy atom. The number of carbonyl (C=O) groups is 2. The Kier molecular flexibility index (Phi) is 5.95. The highest BCUT2D eigenvalue weighted by Gasteiger charge is 2.20. The molecule has 0 aliphatic carbocycles. The topological polar surface area (TPSA) is 80.3 Å². The maximum atomic E-state index is 11.5. The molecule has 0 spiro atoms. The van der Waals surface area contributed by atoms with E-state index >= 15 is 0 Å². The second-order valence-electron chi connectivity index (χ2n) is 4.19. The highest BCUT2D eigenvalue weighted by molar-refractivity contribution is 5.83. The Morgan fingerprint density at radius 3 is 2.74 bits per heavy atom. The zero-order valence-electron chi connectivity index (χ0n) is 11.3. The highest BCUT2D eigenvalue weighted by Crippen LogP contribution is 2.09. The lowest BCUT2D eigenvalue weighted by molar-refractivity contribution is -0.144. The van der Waals surface area contributed by atoms with Crippen molar-refractivity contribution in [2.75, 3.05) is 13.7 Å². The van der Waals surface area contributed by atoms with Gasteiger partial charge in [0, 0.05) is 31.9 Å². The van der Waals surface area contributed by atoms with Crippen LogP contribution in [0.2, 0.25) is 0 Å². The van der Waals surface area contributed by atoms with Crippen molar-refractivity contribution in [2.24, 2.45) is 0 Å². The first-order valence-electron chi connectivity index (χ1n) is 6.02. The number of hydrogen-bond donors (Lipinski definition) is 2. The normalized spacial score (nSPS) is 13.4. The molecule has 2 atom stereocenters. The van der Waals surface area contributed by atoms with Crippen molar-refractivity contribution in [3.8, 4) is 0 Å². The summed E-state index contributed by atoms with van der Waals surface area (Å²) in [7, 11) is 1.29. The molecular weight excluding hydrogens is 246 g/mol. The number of methoxy groups -OCH3 is 1. The van der Waals surface area contributed by atoms with Gasteiger partial charge in [0.25, 0.3) is 0 Å². The molecule has 1 rings (SSSR count). The average Bonchev–Trinajstić information content (AvgIpc) is 2.42. The monoisotopic (exact) mass is 265 g/mol. The van der Waals surface area contributed by atoms with Crippen molar-refractivity contribution in [1.82, 2.24) is 15.6 Å². The highest BCUT2D eigenvalue weighted by atomic mass is 16.5. The molecule has 0 bridgehead atoms. The summed E-state index contributed by atoms with van der Waals surface area (Å²) in [5.74, 6) is -0.743. The minimum atomic E-state index is -0.693. The van der Waals surface area contributed by atoms with E-state index in [9.17, 15) is 9.59 Å². The minimum Gasteiger partial charge on any atom is -0.467 e. The fraction of sp³-hybridized carbons (Fsp3) is 0.462. The molecule has 0 fully saturated rings. The van der Waals surface area contributed by atoms with Crippen LogP contribution in [-0.2, 0) is 14.3 Å². The maximum absolute atomic E-state index is 11.5. The lowest BCUT2D eigenvalue weighted by Gasteiger charge is -2.19. The number of ether oxygens (including phenoxy) is 1. The van der Waals surface area contributed by atoms with E-state index in [2.05, 4.69) is 20.4 Å². The van der Waals surface area contributed by atoms with Crippen molar-refractivity contribution in [2.45, 2.75) is 25.9 Å². The van der Waals surface area contributed by atoms with E-state index in [1.165, 1.54) is 14.0 Å². The van der Waals surface area contributed by atoms with Crippen molar-refractivity contribution < 1.29 is 14.3 Å². The van der Waals surface area contributed by atoms with Crippen LogP contribution in [0.3, 0.4) is 0 Å². The van der Waals surface area contributed by atoms with Crippen LogP contribution in [0.1, 0.15) is 25.5 Å². The molecule has 104 valence electrons. The summed E-state index contributed by atoms with van der Waals surface area (Å²) in [5.41, 5.74) is 1.01. The van der Waals surface area contributed by atoms with Gasteiger partial charge < -0.3 is 15.4 Å². The van der Waals surface area contributed by atoms with Crippen molar-refractivity contribution >= 4 is 11.9 Å². The Labute approximate surface area is 112 Å². The SMILES string of the molecule is COC(=O)C(CN[C@H](C)c1cccnc1)NC(C)=O. The van der Waals surface area contributed by atoms with Crippen molar-refractivity contribution in [1.29, 1.82) is 0 Å². The third-order valence-corrected chi connectivity index (χ3v) is 2.68. The molecule has 1 heterocycles. The number of esters is 1. The van der Waals surface area contributed by atoms with Gasteiger partial charge >= 0.3 is 5.97 Å². The van der Waals surface area contributed by atoms with E-state index in [4.69, 9.17) is 0 Å². The van der Waals surface area contributed by atoms with Crippen LogP contribution in [0, 0.1) is 0 Å². The number of nitrogens with one attached hydrogen (secondary N) is 2. The Morgan fingerprint density at radius 1 is 1.47 bits per heavy atom. The van der Waals surface area contributed by atoms with Crippen LogP contribution in [-0.4, -0.2) is 36.6 Å². The minimum absolute atomic E-state index is 0.0228. The van der Waals surface area contributed by atoms with Crippen LogP contribution < -0.4 is 10.6 Å². The Hall–Kier alpha value is -1.95. The molecule has 6 heteroatoms. The fourth-order valence-electron chi connectivity index (χ4n) is 1.63. The Bertz CT molecular complexity index is 422. The number of amides is 1. The molecule has 2 N–H and O–H groups in total. The summed E-state index contributed by atoms with van der Waals surface area (Å²) < 4.78 is 4.65. The fourth-order valence-corrected chi connectivity index (χ4v) is 1.63. The van der Waals surface area contributed by atoms with Gasteiger partial charge in [-0.1, -0.05) is 6.07 Å². The zero-order valence-corrected chi connectivity index (χ0v) is 11.3. The van der Waals surface area contributed by atoms with Crippen LogP contribution in [0.5, 0.6) is 0 Å². The smallest absolute Gasteiger partial charge is 0.329 e. The van der Waals surface area contributed by atoms with Gasteiger partial charge in [0.2, 0.25) is 5.91 Å². The van der Waals surface area contributed by atoms with Crippen molar-refractivity contribution in [3.63, 3.8) is 0 Å². The van der Waals surface area contributed by atoms with Crippen LogP contribution in [0.15, 0.2) is 24.5 Å². The molecule has 1 unspecified atom stereocenters. The molecular formula is C13H19N3O3. The van der Waals surface area contributed by atoms with E-state index in [1.54, 1.807) is 12.4 Å². The molecule has 0 saturated carbocycles. The van der Waals surface area contributed by atoms with Crippen LogP contribution >= 0.6 is 0 Å². The summed E-state index contributed by atoms with van der Waals surface area (Å²) in [4.78, 5) is 26.6. The average molecular weight is 265 g/mol. The van der Waals surface area contributed by atoms with E-state index in [0.717, 1.165) is 5.56 Å². The number of aromatic nitrogens is 1. The molecule has 19 heavy (non-hydrogen) atoms. The van der Waals surface area contributed by atoms with Crippen molar-refractivity contribution in [3.05, 3.63) is 30.1 Å². The first-order valence-corrected chi connectivity index (χ1v) is 6.02. The van der Waals surface area contributed by atoms with E-state index in [1.807, 2.05) is 19.1 Å². The van der Waals surface area contributed by atoms with Gasteiger partial charge in [-0.25, -0.2) is 4.79 Å². The number of carbonyl (C=O) groups excluding carboxylic acids is 2. The number of rotatable bonds is 6. The molecule has 0 aromatic carbocycles. The van der Waals surface area contributed by atoms with Gasteiger partial charge in [0.15, 0.2) is 0 Å². The zero-order chi connectivity index (χ0) is 14.3. The summed E-state index contributed by atoms with van der Waals surface area (Å²) in [6.07, 6.45) is 3.45. The quantitative estimate of drug-likeness (QED) is 0.728. The number of pyridine rings is 1. The van der Waals surface area contributed by atoms with E-state index in [0.29, 0.717) is 6.54 Å². The summed E-state index contributed by atoms with van der Waals surface area (Å²) in [6.45, 7) is 3.61. The lowest BCUT2D eigenvalue weighted by Crippen LogP contribution is -2.47. The van der Waals surface area contributed by atoms with E-state index in [-0.39, 0.29) is 11.9 Å². The summed E-state index contributed by atoms with van der Waals surface area (Å²) >= 11 is 0. The third-order valence-electron chi connectivity index (χ3n) is 2.68. The second-order valence-corrected chi connectivity index (χ2v) is 4.19. The third kappa shape index (κ3) is 5.05. The van der Waals surface area contributed by atoms with Gasteiger partial charge in [-0.05, 0) is 18.6 Å². The van der Waals surface area contributed by atoms with Gasteiger partial charge in [0.05, 0.1) is 7.11 Å². The van der Waals surface area contributed by atoms with Crippen LogP contribution in [0.4, 0.5) is 0 Å². The number of hydrogen-bond acceptors (Lipinski definition) is 5. The number of nitrogens with zero attached hydrogens (tertiary/aromatic N) is 1.